The predicted octanol–water partition coefficient (Wildman–Crippen LogP) is 0.424. The molecule has 0 radical (unpaired) electrons. The number of alkyl halides is 1. The molecule has 13 heavy (non-hydrogen) atoms. The average molecular weight is 187 g/mol. The molecule has 6 heteroatoms. The fourth-order valence-electron chi connectivity index (χ4n) is 0.809. The standard InChI is InChI=1S/C7H10FN3O2/c1-13-7(12)6-9-5-11(10-6)4-2-3-8/h5H,2-4H2,1H3. The molecule has 0 saturated carbocycles. The molecule has 0 N–H and O–H groups in total. The number of methoxy groups -OCH3 is 1. The molecule has 5 nitrogen and oxygen atoms in total. The van der Waals surface area contributed by atoms with Gasteiger partial charge < -0.3 is 4.74 Å². The molecule has 0 amide bonds. The van der Waals surface area contributed by atoms with Gasteiger partial charge in [-0.1, -0.05) is 0 Å². The third kappa shape index (κ3) is 2.50. The summed E-state index contributed by atoms with van der Waals surface area (Å²) < 4.78 is 17.6. The number of hydrogen-bond donors (Lipinski definition) is 0. The van der Waals surface area contributed by atoms with E-state index in [1.807, 2.05) is 0 Å². The number of rotatable bonds is 4. The van der Waals surface area contributed by atoms with E-state index in [9.17, 15) is 9.18 Å². The fraction of sp³-hybridized carbons (Fsp3) is 0.571. The lowest BCUT2D eigenvalue weighted by molar-refractivity contribution is 0.0586. The van der Waals surface area contributed by atoms with Crippen molar-refractivity contribution in [1.82, 2.24) is 14.8 Å². The van der Waals surface area contributed by atoms with E-state index in [2.05, 4.69) is 14.8 Å². The van der Waals surface area contributed by atoms with Crippen molar-refractivity contribution in [2.24, 2.45) is 0 Å². The summed E-state index contributed by atoms with van der Waals surface area (Å²) in [4.78, 5) is 14.6. The molecule has 72 valence electrons. The number of aromatic nitrogens is 3. The normalized spacial score (nSPS) is 10.0. The van der Waals surface area contributed by atoms with Crippen LogP contribution in [0.4, 0.5) is 4.39 Å². The highest BCUT2D eigenvalue weighted by Gasteiger charge is 2.10. The Balaban J connectivity index is 2.58. The first-order valence-corrected chi connectivity index (χ1v) is 3.81. The maximum absolute atomic E-state index is 11.8. The molecule has 1 heterocycles. The number of esters is 1. The molecule has 1 aromatic heterocycles. The largest absolute Gasteiger partial charge is 0.463 e. The van der Waals surface area contributed by atoms with Crippen molar-refractivity contribution < 1.29 is 13.9 Å². The Bertz CT molecular complexity index is 287. The van der Waals surface area contributed by atoms with Gasteiger partial charge in [-0.2, -0.15) is 0 Å². The summed E-state index contributed by atoms with van der Waals surface area (Å²) in [5.41, 5.74) is 0. The minimum Gasteiger partial charge on any atom is -0.463 e. The van der Waals surface area contributed by atoms with Gasteiger partial charge in [-0.05, 0) is 6.42 Å². The number of nitrogens with zero attached hydrogens (tertiary/aromatic N) is 3. The van der Waals surface area contributed by atoms with Crippen LogP contribution in [0.2, 0.25) is 0 Å². The first-order valence-electron chi connectivity index (χ1n) is 3.81. The molecular formula is C7H10FN3O2. The highest BCUT2D eigenvalue weighted by atomic mass is 19.1. The molecule has 0 aliphatic carbocycles. The minimum absolute atomic E-state index is 0.00126. The van der Waals surface area contributed by atoms with Gasteiger partial charge in [-0.3, -0.25) is 9.07 Å². The second kappa shape index (κ2) is 4.54. The molecule has 0 fully saturated rings. The molecule has 0 aliphatic heterocycles. The number of halogens is 1. The van der Waals surface area contributed by atoms with Crippen LogP contribution in [-0.4, -0.2) is 34.5 Å². The Labute approximate surface area is 74.5 Å². The summed E-state index contributed by atoms with van der Waals surface area (Å²) in [6, 6.07) is 0. The van der Waals surface area contributed by atoms with E-state index >= 15 is 0 Å². The maximum Gasteiger partial charge on any atom is 0.377 e. The summed E-state index contributed by atoms with van der Waals surface area (Å²) >= 11 is 0. The van der Waals surface area contributed by atoms with Crippen molar-refractivity contribution in [3.05, 3.63) is 12.2 Å². The quantitative estimate of drug-likeness (QED) is 0.641. The summed E-state index contributed by atoms with van der Waals surface area (Å²) in [5, 5.41) is 3.78. The average Bonchev–Trinajstić information content (AvgIpc) is 2.62. The van der Waals surface area contributed by atoms with Gasteiger partial charge in [0.05, 0.1) is 13.8 Å². The zero-order valence-corrected chi connectivity index (χ0v) is 7.23. The molecule has 0 spiro atoms. The van der Waals surface area contributed by atoms with E-state index < -0.39 is 12.6 Å². The lowest BCUT2D eigenvalue weighted by Gasteiger charge is -1.95. The zero-order chi connectivity index (χ0) is 9.68. The summed E-state index contributed by atoms with van der Waals surface area (Å²) in [6.45, 7) is 0.00785. The van der Waals surface area contributed by atoms with E-state index in [1.165, 1.54) is 18.1 Å². The van der Waals surface area contributed by atoms with Gasteiger partial charge in [0.15, 0.2) is 0 Å². The topological polar surface area (TPSA) is 57.0 Å². The van der Waals surface area contributed by atoms with Crippen LogP contribution in [0.3, 0.4) is 0 Å². The first-order chi connectivity index (χ1) is 6.27. The highest BCUT2D eigenvalue weighted by molar-refractivity contribution is 5.84. The van der Waals surface area contributed by atoms with Crippen molar-refractivity contribution in [1.29, 1.82) is 0 Å². The van der Waals surface area contributed by atoms with Crippen molar-refractivity contribution >= 4 is 5.97 Å². The van der Waals surface area contributed by atoms with Crippen LogP contribution in [-0.2, 0) is 11.3 Å². The van der Waals surface area contributed by atoms with Crippen LogP contribution < -0.4 is 0 Å². The number of carbonyl (C=O) groups is 1. The van der Waals surface area contributed by atoms with Gasteiger partial charge >= 0.3 is 5.97 Å². The van der Waals surface area contributed by atoms with Crippen LogP contribution >= 0.6 is 0 Å². The fourth-order valence-corrected chi connectivity index (χ4v) is 0.809. The van der Waals surface area contributed by atoms with E-state index in [1.54, 1.807) is 0 Å². The number of hydrogen-bond acceptors (Lipinski definition) is 4. The van der Waals surface area contributed by atoms with Crippen LogP contribution in [0.25, 0.3) is 0 Å². The monoisotopic (exact) mass is 187 g/mol. The third-order valence-corrected chi connectivity index (χ3v) is 1.43. The van der Waals surface area contributed by atoms with Crippen LogP contribution in [0.5, 0.6) is 0 Å². The van der Waals surface area contributed by atoms with Crippen LogP contribution in [0, 0.1) is 0 Å². The van der Waals surface area contributed by atoms with Crippen molar-refractivity contribution in [2.75, 3.05) is 13.8 Å². The lowest BCUT2D eigenvalue weighted by Crippen LogP contribution is -2.06. The van der Waals surface area contributed by atoms with Crippen LogP contribution in [0.1, 0.15) is 17.0 Å². The Kier molecular flexibility index (Phi) is 3.36. The molecule has 0 aliphatic rings. The third-order valence-electron chi connectivity index (χ3n) is 1.43. The van der Waals surface area contributed by atoms with Crippen molar-refractivity contribution in [2.45, 2.75) is 13.0 Å². The Morgan fingerprint density at radius 1 is 1.77 bits per heavy atom. The maximum atomic E-state index is 11.8. The predicted molar refractivity (Wildman–Crippen MR) is 42.0 cm³/mol. The molecule has 0 bridgehead atoms. The van der Waals surface area contributed by atoms with Gasteiger partial charge in [0.25, 0.3) is 5.82 Å². The molecule has 0 aromatic carbocycles. The van der Waals surface area contributed by atoms with Gasteiger partial charge in [-0.15, -0.1) is 5.10 Å². The lowest BCUT2D eigenvalue weighted by atomic mass is 10.5. The summed E-state index contributed by atoms with van der Waals surface area (Å²) in [5.74, 6) is -0.583. The second-order valence-corrected chi connectivity index (χ2v) is 2.37. The first kappa shape index (κ1) is 9.63. The molecule has 1 aromatic rings. The SMILES string of the molecule is COC(=O)c1ncn(CCCF)n1. The van der Waals surface area contributed by atoms with Gasteiger partial charge in [0.2, 0.25) is 0 Å². The zero-order valence-electron chi connectivity index (χ0n) is 7.23. The number of ether oxygens (including phenoxy) is 1. The molecule has 0 atom stereocenters. The number of carbonyl (C=O) groups excluding carboxylic acids is 1. The Morgan fingerprint density at radius 3 is 3.15 bits per heavy atom. The summed E-state index contributed by atoms with van der Waals surface area (Å²) in [6.07, 6.45) is 1.74. The molecule has 1 rings (SSSR count). The van der Waals surface area contributed by atoms with E-state index in [-0.39, 0.29) is 5.82 Å². The number of aryl methyl sites for hydroxylation is 1. The van der Waals surface area contributed by atoms with Crippen molar-refractivity contribution in [3.8, 4) is 0 Å². The Hall–Kier alpha value is -1.46. The van der Waals surface area contributed by atoms with Crippen molar-refractivity contribution in [3.63, 3.8) is 0 Å². The van der Waals surface area contributed by atoms with E-state index in [0.717, 1.165) is 0 Å². The highest BCUT2D eigenvalue weighted by Crippen LogP contribution is 1.94. The van der Waals surface area contributed by atoms with Gasteiger partial charge in [0, 0.05) is 6.54 Å². The van der Waals surface area contributed by atoms with Crippen LogP contribution in [0.15, 0.2) is 6.33 Å². The van der Waals surface area contributed by atoms with E-state index in [0.29, 0.717) is 13.0 Å². The smallest absolute Gasteiger partial charge is 0.377 e. The molecule has 0 saturated heterocycles. The Morgan fingerprint density at radius 2 is 2.54 bits per heavy atom. The second-order valence-electron chi connectivity index (χ2n) is 2.37. The van der Waals surface area contributed by atoms with E-state index in [4.69, 9.17) is 0 Å². The van der Waals surface area contributed by atoms with Gasteiger partial charge in [-0.25, -0.2) is 9.78 Å². The molecular weight excluding hydrogens is 177 g/mol. The van der Waals surface area contributed by atoms with Gasteiger partial charge in [0.1, 0.15) is 6.33 Å². The summed E-state index contributed by atoms with van der Waals surface area (Å²) in [7, 11) is 1.25. The molecule has 0 unspecified atom stereocenters. The minimum atomic E-state index is -0.584.